The van der Waals surface area contributed by atoms with Crippen molar-refractivity contribution in [2.75, 3.05) is 19.5 Å². The van der Waals surface area contributed by atoms with E-state index in [0.29, 0.717) is 33.5 Å². The van der Waals surface area contributed by atoms with Gasteiger partial charge in [0.05, 0.1) is 24.8 Å². The zero-order valence-corrected chi connectivity index (χ0v) is 19.3. The van der Waals surface area contributed by atoms with E-state index in [2.05, 4.69) is 20.8 Å². The van der Waals surface area contributed by atoms with E-state index in [9.17, 15) is 13.7 Å². The maximum absolute atomic E-state index is 12.0. The fourth-order valence-electron chi connectivity index (χ4n) is 2.74. The molecule has 0 aliphatic heterocycles. The number of rotatable bonds is 8. The lowest BCUT2D eigenvalue weighted by atomic mass is 10.1. The second kappa shape index (κ2) is 10.0. The number of sulfonamides is 1. The molecule has 0 amide bonds. The number of hydrogen-bond acceptors (Lipinski definition) is 8. The zero-order chi connectivity index (χ0) is 24.0. The molecule has 0 aliphatic carbocycles. The molecule has 3 rings (SSSR count). The quantitative estimate of drug-likeness (QED) is 0.247. The van der Waals surface area contributed by atoms with Crippen molar-refractivity contribution < 1.29 is 17.9 Å². The van der Waals surface area contributed by atoms with E-state index in [0.717, 1.165) is 5.56 Å². The number of nitrogens with zero attached hydrogens (tertiary/aromatic N) is 3. The lowest BCUT2D eigenvalue weighted by Gasteiger charge is -2.08. The van der Waals surface area contributed by atoms with Crippen LogP contribution in [0.4, 0.5) is 5.69 Å². The molecule has 3 aromatic rings. The van der Waals surface area contributed by atoms with Crippen LogP contribution in [0, 0.1) is 11.3 Å². The number of aromatic nitrogens is 1. The number of guanidine groups is 1. The van der Waals surface area contributed by atoms with E-state index >= 15 is 0 Å². The molecule has 1 aromatic heterocycles. The Hall–Kier alpha value is -4.08. The predicted molar refractivity (Wildman–Crippen MR) is 127 cm³/mol. The van der Waals surface area contributed by atoms with E-state index < -0.39 is 16.0 Å². The van der Waals surface area contributed by atoms with Gasteiger partial charge in [-0.2, -0.15) is 13.7 Å². The molecule has 0 unspecified atom stereocenters. The zero-order valence-electron chi connectivity index (χ0n) is 17.6. The number of benzene rings is 2. The van der Waals surface area contributed by atoms with Crippen molar-refractivity contribution in [3.8, 4) is 28.8 Å². The summed E-state index contributed by atoms with van der Waals surface area (Å²) in [6.45, 7) is 0. The normalized spacial score (nSPS) is 11.4. The topological polar surface area (TPSA) is 166 Å². The number of nitrogens with one attached hydrogen (secondary N) is 1. The van der Waals surface area contributed by atoms with Gasteiger partial charge in [-0.3, -0.25) is 0 Å². The third-order valence-electron chi connectivity index (χ3n) is 4.30. The van der Waals surface area contributed by atoms with E-state index in [-0.39, 0.29) is 4.90 Å². The fourth-order valence-corrected chi connectivity index (χ4v) is 4.40. The molecule has 1 heterocycles. The number of hydrogen-bond donors (Lipinski definition) is 3. The number of thiazole rings is 1. The summed E-state index contributed by atoms with van der Waals surface area (Å²) >= 11 is 1.32. The third-order valence-corrected chi connectivity index (χ3v) is 6.49. The fraction of sp³-hybridized carbons (Fsp3) is 0.0952. The molecule has 12 heteroatoms. The summed E-state index contributed by atoms with van der Waals surface area (Å²) in [5, 5.41) is 14.9. The molecule has 10 nitrogen and oxygen atoms in total. The summed E-state index contributed by atoms with van der Waals surface area (Å²) in [4.78, 5) is 4.48. The van der Waals surface area contributed by atoms with Crippen molar-refractivity contribution in [3.63, 3.8) is 0 Å². The molecular formula is C21H20N6O4S2. The average Bonchev–Trinajstić information content (AvgIpc) is 3.28. The Kier molecular flexibility index (Phi) is 7.17. The van der Waals surface area contributed by atoms with Crippen molar-refractivity contribution in [3.05, 3.63) is 59.1 Å². The van der Waals surface area contributed by atoms with Gasteiger partial charge in [0.15, 0.2) is 11.5 Å². The second-order valence-electron chi connectivity index (χ2n) is 6.44. The molecule has 0 atom stereocenters. The highest BCUT2D eigenvalue weighted by atomic mass is 32.2. The number of allylic oxidation sites excluding steroid dienone is 1. The van der Waals surface area contributed by atoms with Crippen LogP contribution in [-0.4, -0.2) is 33.6 Å². The van der Waals surface area contributed by atoms with Crippen LogP contribution in [0.25, 0.3) is 16.8 Å². The molecule has 170 valence electrons. The Morgan fingerprint density at radius 1 is 1.15 bits per heavy atom. The largest absolute Gasteiger partial charge is 0.493 e. The molecule has 0 fully saturated rings. The van der Waals surface area contributed by atoms with Crippen LogP contribution in [0.15, 0.2) is 63.3 Å². The summed E-state index contributed by atoms with van der Waals surface area (Å²) in [6.07, 6.45) is 1.50. The van der Waals surface area contributed by atoms with Crippen LogP contribution in [0.2, 0.25) is 0 Å². The van der Waals surface area contributed by atoms with Crippen molar-refractivity contribution in [2.24, 2.45) is 15.9 Å². The second-order valence-corrected chi connectivity index (χ2v) is 8.90. The number of nitriles is 1. The first-order valence-corrected chi connectivity index (χ1v) is 11.6. The van der Waals surface area contributed by atoms with Gasteiger partial charge in [0.2, 0.25) is 5.96 Å². The van der Waals surface area contributed by atoms with Gasteiger partial charge in [-0.05, 0) is 42.5 Å². The summed E-state index contributed by atoms with van der Waals surface area (Å²) in [5.41, 5.74) is 12.7. The van der Waals surface area contributed by atoms with Crippen LogP contribution in [0.3, 0.4) is 0 Å². The minimum Gasteiger partial charge on any atom is -0.493 e. The van der Waals surface area contributed by atoms with Gasteiger partial charge < -0.3 is 26.3 Å². The first-order chi connectivity index (χ1) is 15.8. The molecule has 0 bridgehead atoms. The number of nitrogens with two attached hydrogens (primary N) is 2. The number of anilines is 1. The van der Waals surface area contributed by atoms with E-state index in [1.807, 2.05) is 17.5 Å². The maximum Gasteiger partial charge on any atom is 0.285 e. The molecule has 33 heavy (non-hydrogen) atoms. The third kappa shape index (κ3) is 5.59. The van der Waals surface area contributed by atoms with E-state index in [1.165, 1.54) is 41.8 Å². The molecule has 5 N–H and O–H groups in total. The molecule has 2 aromatic carbocycles. The maximum atomic E-state index is 12.0. The highest BCUT2D eigenvalue weighted by molar-refractivity contribution is 7.90. The Morgan fingerprint density at radius 2 is 1.85 bits per heavy atom. The van der Waals surface area contributed by atoms with Gasteiger partial charge in [-0.25, -0.2) is 4.98 Å². The highest BCUT2D eigenvalue weighted by Gasteiger charge is 2.14. The minimum atomic E-state index is -3.97. The molecule has 0 spiro atoms. The van der Waals surface area contributed by atoms with Crippen LogP contribution in [-0.2, 0) is 10.0 Å². The van der Waals surface area contributed by atoms with Gasteiger partial charge in [0.1, 0.15) is 16.6 Å². The van der Waals surface area contributed by atoms with Crippen molar-refractivity contribution in [1.29, 1.82) is 5.26 Å². The Labute approximate surface area is 194 Å². The van der Waals surface area contributed by atoms with Crippen molar-refractivity contribution >= 4 is 38.6 Å². The minimum absolute atomic E-state index is 0.0644. The number of methoxy groups -OCH3 is 2. The average molecular weight is 485 g/mol. The van der Waals surface area contributed by atoms with Crippen molar-refractivity contribution in [1.82, 2.24) is 4.98 Å². The smallest absolute Gasteiger partial charge is 0.285 e. The van der Waals surface area contributed by atoms with Gasteiger partial charge in [-0.15, -0.1) is 15.7 Å². The van der Waals surface area contributed by atoms with Gasteiger partial charge in [0.25, 0.3) is 10.0 Å². The SMILES string of the molecule is COc1ccc(-c2csc(/C(C#N)=C/Nc3ccc(S(=O)(=O)N=C(N)N)cc3)n2)cc1OC. The van der Waals surface area contributed by atoms with E-state index in [1.54, 1.807) is 20.3 Å². The first kappa shape index (κ1) is 23.6. The Morgan fingerprint density at radius 3 is 2.45 bits per heavy atom. The summed E-state index contributed by atoms with van der Waals surface area (Å²) < 4.78 is 37.8. The van der Waals surface area contributed by atoms with Crippen LogP contribution in [0.5, 0.6) is 11.5 Å². The molecule has 0 radical (unpaired) electrons. The molecule has 0 aliphatic rings. The lowest BCUT2D eigenvalue weighted by Crippen LogP contribution is -2.24. The van der Waals surface area contributed by atoms with Crippen molar-refractivity contribution in [2.45, 2.75) is 4.90 Å². The van der Waals surface area contributed by atoms with Crippen LogP contribution >= 0.6 is 11.3 Å². The summed E-state index contributed by atoms with van der Waals surface area (Å²) in [6, 6.07) is 13.3. The standard InChI is InChI=1S/C21H20N6O4S2/c1-30-18-8-3-13(9-19(18)31-2)17-12-32-20(26-17)14(10-22)11-25-15-4-6-16(7-5-15)33(28,29)27-21(23)24/h3-9,11-12,25H,1-2H3,(H4,23,24,27)/b14-11+. The number of ether oxygens (including phenoxy) is 2. The lowest BCUT2D eigenvalue weighted by molar-refractivity contribution is 0.355. The van der Waals surface area contributed by atoms with Crippen LogP contribution < -0.4 is 26.3 Å². The van der Waals surface area contributed by atoms with E-state index in [4.69, 9.17) is 20.9 Å². The molecule has 0 saturated carbocycles. The van der Waals surface area contributed by atoms with Crippen LogP contribution in [0.1, 0.15) is 5.01 Å². The Balaban J connectivity index is 1.79. The summed E-state index contributed by atoms with van der Waals surface area (Å²) in [7, 11) is -0.855. The van der Waals surface area contributed by atoms with Gasteiger partial charge in [-0.1, -0.05) is 0 Å². The predicted octanol–water partition coefficient (Wildman–Crippen LogP) is 2.77. The van der Waals surface area contributed by atoms with Gasteiger partial charge >= 0.3 is 0 Å². The first-order valence-electron chi connectivity index (χ1n) is 9.28. The highest BCUT2D eigenvalue weighted by Crippen LogP contribution is 2.33. The Bertz CT molecular complexity index is 1350. The summed E-state index contributed by atoms with van der Waals surface area (Å²) in [5.74, 6) is 0.637. The molecule has 0 saturated heterocycles. The monoisotopic (exact) mass is 484 g/mol. The van der Waals surface area contributed by atoms with Gasteiger partial charge in [0, 0.05) is 22.8 Å². The molecular weight excluding hydrogens is 464 g/mol.